The minimum Gasteiger partial charge on any atom is -0.348 e. The summed E-state index contributed by atoms with van der Waals surface area (Å²) in [5.41, 5.74) is 2.54. The number of anilines is 2. The third-order valence-corrected chi connectivity index (χ3v) is 4.23. The molecule has 3 aromatic heterocycles. The molecule has 3 heterocycles. The molecule has 136 valence electrons. The van der Waals surface area contributed by atoms with Crippen LogP contribution in [0.4, 0.5) is 11.5 Å². The molecule has 0 saturated heterocycles. The number of hydrogen-bond donors (Lipinski definition) is 2. The number of amides is 1. The van der Waals surface area contributed by atoms with Gasteiger partial charge in [0.05, 0.1) is 41.7 Å². The van der Waals surface area contributed by atoms with Crippen molar-refractivity contribution in [1.29, 1.82) is 0 Å². The van der Waals surface area contributed by atoms with E-state index in [-0.39, 0.29) is 12.5 Å². The second kappa shape index (κ2) is 7.04. The summed E-state index contributed by atoms with van der Waals surface area (Å²) in [5.74, 6) is 0.391. The highest BCUT2D eigenvalue weighted by Gasteiger charge is 2.14. The molecule has 9 nitrogen and oxygen atoms in total. The van der Waals surface area contributed by atoms with Gasteiger partial charge in [-0.25, -0.2) is 19.6 Å². The quantitative estimate of drug-likeness (QED) is 0.548. The van der Waals surface area contributed by atoms with Crippen LogP contribution in [-0.2, 0) is 4.79 Å². The van der Waals surface area contributed by atoms with Crippen molar-refractivity contribution in [2.45, 2.75) is 0 Å². The van der Waals surface area contributed by atoms with Crippen molar-refractivity contribution in [3.63, 3.8) is 0 Å². The van der Waals surface area contributed by atoms with E-state index in [4.69, 9.17) is 11.6 Å². The summed E-state index contributed by atoms with van der Waals surface area (Å²) in [7, 11) is 1.77. The SMILES string of the molecule is CN(CC(=O)Nc1cnn(-c2ccccc2Cl)c1)c1ncnc2nc[nH]c12. The van der Waals surface area contributed by atoms with E-state index in [1.807, 2.05) is 18.2 Å². The van der Waals surface area contributed by atoms with Gasteiger partial charge in [0, 0.05) is 7.05 Å². The van der Waals surface area contributed by atoms with Crippen LogP contribution in [0.15, 0.2) is 49.3 Å². The molecular weight excluding hydrogens is 368 g/mol. The van der Waals surface area contributed by atoms with Crippen LogP contribution in [0.2, 0.25) is 5.02 Å². The van der Waals surface area contributed by atoms with Gasteiger partial charge in [-0.1, -0.05) is 23.7 Å². The number of nitrogens with zero attached hydrogens (tertiary/aromatic N) is 6. The highest BCUT2D eigenvalue weighted by Crippen LogP contribution is 2.21. The number of nitrogens with one attached hydrogen (secondary N) is 2. The number of H-pyrrole nitrogens is 1. The summed E-state index contributed by atoms with van der Waals surface area (Å²) in [5, 5.41) is 7.63. The summed E-state index contributed by atoms with van der Waals surface area (Å²) >= 11 is 6.17. The van der Waals surface area contributed by atoms with Crippen LogP contribution in [0, 0.1) is 0 Å². The summed E-state index contributed by atoms with van der Waals surface area (Å²) in [6.45, 7) is 0.0996. The molecule has 4 rings (SSSR count). The van der Waals surface area contributed by atoms with Crippen molar-refractivity contribution in [3.05, 3.63) is 54.3 Å². The van der Waals surface area contributed by atoms with Crippen LogP contribution in [0.5, 0.6) is 0 Å². The van der Waals surface area contributed by atoms with E-state index in [0.29, 0.717) is 27.7 Å². The van der Waals surface area contributed by atoms with Crippen molar-refractivity contribution in [3.8, 4) is 5.69 Å². The fourth-order valence-corrected chi connectivity index (χ4v) is 2.91. The van der Waals surface area contributed by atoms with Crippen molar-refractivity contribution in [1.82, 2.24) is 29.7 Å². The average Bonchev–Trinajstić information content (AvgIpc) is 3.30. The Morgan fingerprint density at radius 2 is 2.15 bits per heavy atom. The molecule has 27 heavy (non-hydrogen) atoms. The lowest BCUT2D eigenvalue weighted by Gasteiger charge is -2.17. The molecule has 0 atom stereocenters. The summed E-state index contributed by atoms with van der Waals surface area (Å²) in [6, 6.07) is 7.34. The molecule has 0 aliphatic heterocycles. The van der Waals surface area contributed by atoms with Crippen LogP contribution < -0.4 is 10.2 Å². The number of rotatable bonds is 5. The highest BCUT2D eigenvalue weighted by atomic mass is 35.5. The number of para-hydroxylation sites is 1. The lowest BCUT2D eigenvalue weighted by atomic mass is 10.3. The maximum absolute atomic E-state index is 12.4. The zero-order chi connectivity index (χ0) is 18.8. The van der Waals surface area contributed by atoms with E-state index >= 15 is 0 Å². The molecule has 1 aromatic carbocycles. The molecule has 0 bridgehead atoms. The highest BCUT2D eigenvalue weighted by molar-refractivity contribution is 6.32. The molecule has 0 aliphatic rings. The van der Waals surface area contributed by atoms with Gasteiger partial charge in [-0.2, -0.15) is 5.10 Å². The van der Waals surface area contributed by atoms with Crippen LogP contribution in [0.25, 0.3) is 16.9 Å². The van der Waals surface area contributed by atoms with Crippen LogP contribution in [0.3, 0.4) is 0 Å². The third-order valence-electron chi connectivity index (χ3n) is 3.91. The van der Waals surface area contributed by atoms with Gasteiger partial charge < -0.3 is 15.2 Å². The number of fused-ring (bicyclic) bond motifs is 1. The predicted molar refractivity (Wildman–Crippen MR) is 102 cm³/mol. The summed E-state index contributed by atoms with van der Waals surface area (Å²) in [6.07, 6.45) is 6.23. The van der Waals surface area contributed by atoms with Gasteiger partial charge in [-0.3, -0.25) is 4.79 Å². The van der Waals surface area contributed by atoms with E-state index in [0.717, 1.165) is 5.69 Å². The number of imidazole rings is 1. The first-order valence-electron chi connectivity index (χ1n) is 8.06. The number of aromatic amines is 1. The Morgan fingerprint density at radius 3 is 3.00 bits per heavy atom. The first kappa shape index (κ1) is 17.0. The van der Waals surface area contributed by atoms with Crippen molar-refractivity contribution < 1.29 is 4.79 Å². The molecule has 0 spiro atoms. The second-order valence-corrected chi connectivity index (χ2v) is 6.23. The van der Waals surface area contributed by atoms with Crippen LogP contribution >= 0.6 is 11.6 Å². The van der Waals surface area contributed by atoms with Crippen molar-refractivity contribution >= 4 is 40.2 Å². The number of likely N-dealkylation sites (N-methyl/N-ethyl adjacent to an activating group) is 1. The Labute approximate surface area is 159 Å². The van der Waals surface area contributed by atoms with Gasteiger partial charge in [0.1, 0.15) is 11.8 Å². The van der Waals surface area contributed by atoms with E-state index < -0.39 is 0 Å². The summed E-state index contributed by atoms with van der Waals surface area (Å²) in [4.78, 5) is 29.5. The van der Waals surface area contributed by atoms with Gasteiger partial charge in [0.2, 0.25) is 5.91 Å². The van der Waals surface area contributed by atoms with Crippen molar-refractivity contribution in [2.75, 3.05) is 23.8 Å². The molecule has 0 unspecified atom stereocenters. The summed E-state index contributed by atoms with van der Waals surface area (Å²) < 4.78 is 1.61. The molecule has 2 N–H and O–H groups in total. The Kier molecular flexibility index (Phi) is 4.43. The van der Waals surface area contributed by atoms with Crippen molar-refractivity contribution in [2.24, 2.45) is 0 Å². The smallest absolute Gasteiger partial charge is 0.244 e. The number of hydrogen-bond acceptors (Lipinski definition) is 6. The Morgan fingerprint density at radius 1 is 1.30 bits per heavy atom. The van der Waals surface area contributed by atoms with E-state index in [9.17, 15) is 4.79 Å². The van der Waals surface area contributed by atoms with Crippen LogP contribution in [-0.4, -0.2) is 49.2 Å². The number of halogens is 1. The Hall–Kier alpha value is -3.46. The number of benzene rings is 1. The first-order chi connectivity index (χ1) is 13.1. The molecule has 1 amide bonds. The van der Waals surface area contributed by atoms with Crippen LogP contribution in [0.1, 0.15) is 0 Å². The van der Waals surface area contributed by atoms with Gasteiger partial charge in [0.15, 0.2) is 11.5 Å². The zero-order valence-electron chi connectivity index (χ0n) is 14.3. The minimum atomic E-state index is -0.206. The zero-order valence-corrected chi connectivity index (χ0v) is 15.1. The van der Waals surface area contributed by atoms with Gasteiger partial charge in [-0.15, -0.1) is 0 Å². The molecule has 0 aliphatic carbocycles. The lowest BCUT2D eigenvalue weighted by molar-refractivity contribution is -0.114. The molecule has 0 saturated carbocycles. The second-order valence-electron chi connectivity index (χ2n) is 5.83. The monoisotopic (exact) mass is 382 g/mol. The lowest BCUT2D eigenvalue weighted by Crippen LogP contribution is -2.30. The standard InChI is InChI=1S/C17H15ClN8O/c1-25(17-15-16(20-9-19-15)21-10-22-17)8-14(27)24-11-6-23-26(7-11)13-5-3-2-4-12(13)18/h2-7,9-10H,8H2,1H3,(H,24,27)(H,19,20,21,22). The maximum atomic E-state index is 12.4. The van der Waals surface area contributed by atoms with Gasteiger partial charge >= 0.3 is 0 Å². The molecule has 10 heteroatoms. The number of carbonyl (C=O) groups is 1. The van der Waals surface area contributed by atoms with E-state index in [1.165, 1.54) is 6.33 Å². The molecule has 0 radical (unpaired) electrons. The average molecular weight is 383 g/mol. The Balaban J connectivity index is 1.46. The normalized spacial score (nSPS) is 10.9. The maximum Gasteiger partial charge on any atom is 0.244 e. The fourth-order valence-electron chi connectivity index (χ4n) is 2.69. The van der Waals surface area contributed by atoms with Gasteiger partial charge in [0.25, 0.3) is 0 Å². The molecule has 0 fully saturated rings. The number of aromatic nitrogens is 6. The third kappa shape index (κ3) is 3.44. The number of carbonyl (C=O) groups excluding carboxylic acids is 1. The molecule has 4 aromatic rings. The minimum absolute atomic E-state index is 0.0996. The topological polar surface area (TPSA) is 105 Å². The fraction of sp³-hybridized carbons (Fsp3) is 0.118. The Bertz CT molecular complexity index is 1100. The van der Waals surface area contributed by atoms with E-state index in [1.54, 1.807) is 41.4 Å². The molecular formula is C17H15ClN8O. The van der Waals surface area contributed by atoms with E-state index in [2.05, 4.69) is 30.4 Å². The van der Waals surface area contributed by atoms with Gasteiger partial charge in [-0.05, 0) is 12.1 Å². The first-order valence-corrected chi connectivity index (χ1v) is 8.44. The predicted octanol–water partition coefficient (Wildman–Crippen LogP) is 2.27. The largest absolute Gasteiger partial charge is 0.348 e.